The van der Waals surface area contributed by atoms with Crippen molar-refractivity contribution in [2.24, 2.45) is 0 Å². The van der Waals surface area contributed by atoms with E-state index in [-0.39, 0.29) is 22.3 Å². The normalized spacial score (nSPS) is 12.1. The number of aryl methyl sites for hydroxylation is 1. The Bertz CT molecular complexity index is 1210. The molecule has 1 N–H and O–H groups in total. The monoisotopic (exact) mass is 467 g/mol. The van der Waals surface area contributed by atoms with Crippen molar-refractivity contribution in [3.63, 3.8) is 0 Å². The van der Waals surface area contributed by atoms with Gasteiger partial charge < -0.3 is 5.32 Å². The number of nitrogens with zero attached hydrogens (tertiary/aromatic N) is 2. The molecule has 0 bridgehead atoms. The molecule has 9 heteroatoms. The van der Waals surface area contributed by atoms with Gasteiger partial charge in [0.15, 0.2) is 0 Å². The number of carbonyl (C=O) groups excluding carboxylic acids is 1. The van der Waals surface area contributed by atoms with E-state index in [9.17, 15) is 23.3 Å². The Labute approximate surface area is 193 Å². The topological polar surface area (TPSA) is 110 Å². The standard InChI is InChI=1S/C24H25N3O5S/c1-3-23(19-11-9-18(2)10-12-19)25-24(28)17-26(20-13-15-21(16-14-20)27(29)30)33(31,32)22-7-5-4-6-8-22/h4-16,23H,3,17H2,1-2H3,(H,25,28)/t23-/m1/s1. The lowest BCUT2D eigenvalue weighted by atomic mass is 10.0. The molecule has 0 aromatic heterocycles. The molecule has 3 aromatic rings. The van der Waals surface area contributed by atoms with Crippen LogP contribution in [0.4, 0.5) is 11.4 Å². The highest BCUT2D eigenvalue weighted by Gasteiger charge is 2.28. The van der Waals surface area contributed by atoms with E-state index < -0.39 is 27.4 Å². The minimum Gasteiger partial charge on any atom is -0.348 e. The number of nitro groups is 1. The SMILES string of the molecule is CC[C@@H](NC(=O)CN(c1ccc([N+](=O)[O-])cc1)S(=O)(=O)c1ccccc1)c1ccc(C)cc1. The van der Waals surface area contributed by atoms with Crippen molar-refractivity contribution in [1.82, 2.24) is 5.32 Å². The van der Waals surface area contributed by atoms with Crippen LogP contribution in [0.3, 0.4) is 0 Å². The Kier molecular flexibility index (Phi) is 7.44. The van der Waals surface area contributed by atoms with Gasteiger partial charge in [0.25, 0.3) is 15.7 Å². The molecule has 0 unspecified atom stereocenters. The minimum atomic E-state index is -4.09. The second-order valence-corrected chi connectivity index (χ2v) is 9.40. The van der Waals surface area contributed by atoms with Crippen LogP contribution in [0.1, 0.15) is 30.5 Å². The molecule has 1 atom stereocenters. The molecule has 0 aliphatic heterocycles. The van der Waals surface area contributed by atoms with Crippen molar-refractivity contribution < 1.29 is 18.1 Å². The van der Waals surface area contributed by atoms with Crippen LogP contribution in [0.15, 0.2) is 83.8 Å². The van der Waals surface area contributed by atoms with Crippen molar-refractivity contribution in [1.29, 1.82) is 0 Å². The van der Waals surface area contributed by atoms with Gasteiger partial charge in [0.1, 0.15) is 6.54 Å². The van der Waals surface area contributed by atoms with E-state index in [1.807, 2.05) is 38.1 Å². The predicted octanol–water partition coefficient (Wildman–Crippen LogP) is 4.37. The summed E-state index contributed by atoms with van der Waals surface area (Å²) in [6, 6.07) is 20.3. The number of nitrogens with one attached hydrogen (secondary N) is 1. The number of non-ortho nitro benzene ring substituents is 1. The number of anilines is 1. The summed E-state index contributed by atoms with van der Waals surface area (Å²) in [4.78, 5) is 23.4. The molecule has 3 aromatic carbocycles. The van der Waals surface area contributed by atoms with Crippen molar-refractivity contribution in [2.45, 2.75) is 31.2 Å². The summed E-state index contributed by atoms with van der Waals surface area (Å²) < 4.78 is 27.7. The Hall–Kier alpha value is -3.72. The Morgan fingerprint density at radius 2 is 1.61 bits per heavy atom. The van der Waals surface area contributed by atoms with Crippen molar-refractivity contribution >= 4 is 27.3 Å². The average molecular weight is 468 g/mol. The fourth-order valence-corrected chi connectivity index (χ4v) is 4.81. The van der Waals surface area contributed by atoms with E-state index in [0.29, 0.717) is 6.42 Å². The molecular formula is C24H25N3O5S. The lowest BCUT2D eigenvalue weighted by molar-refractivity contribution is -0.384. The second-order valence-electron chi connectivity index (χ2n) is 7.54. The number of rotatable bonds is 9. The number of hydrogen-bond donors (Lipinski definition) is 1. The maximum absolute atomic E-state index is 13.4. The average Bonchev–Trinajstić information content (AvgIpc) is 2.82. The smallest absolute Gasteiger partial charge is 0.269 e. The van der Waals surface area contributed by atoms with Gasteiger partial charge in [-0.15, -0.1) is 0 Å². The highest BCUT2D eigenvalue weighted by Crippen LogP contribution is 2.26. The van der Waals surface area contributed by atoms with Crippen LogP contribution in [-0.4, -0.2) is 25.8 Å². The van der Waals surface area contributed by atoms with Gasteiger partial charge >= 0.3 is 0 Å². The summed E-state index contributed by atoms with van der Waals surface area (Å²) in [5, 5.41) is 13.9. The van der Waals surface area contributed by atoms with Crippen LogP contribution in [0.2, 0.25) is 0 Å². The van der Waals surface area contributed by atoms with E-state index in [4.69, 9.17) is 0 Å². The van der Waals surface area contributed by atoms with Gasteiger partial charge in [0.05, 0.1) is 21.5 Å². The molecule has 0 aliphatic rings. The summed E-state index contributed by atoms with van der Waals surface area (Å²) in [7, 11) is -4.09. The molecule has 0 fully saturated rings. The van der Waals surface area contributed by atoms with Gasteiger partial charge in [-0.2, -0.15) is 0 Å². The molecule has 0 spiro atoms. The molecule has 1 amide bonds. The number of hydrogen-bond acceptors (Lipinski definition) is 5. The van der Waals surface area contributed by atoms with Crippen LogP contribution < -0.4 is 9.62 Å². The molecule has 0 heterocycles. The maximum Gasteiger partial charge on any atom is 0.269 e. The number of benzene rings is 3. The molecule has 33 heavy (non-hydrogen) atoms. The fourth-order valence-electron chi connectivity index (χ4n) is 3.37. The molecule has 172 valence electrons. The summed E-state index contributed by atoms with van der Waals surface area (Å²) >= 11 is 0. The number of nitro benzene ring substituents is 1. The second kappa shape index (κ2) is 10.3. The first-order valence-corrected chi connectivity index (χ1v) is 11.8. The summed E-state index contributed by atoms with van der Waals surface area (Å²) in [5.41, 5.74) is 2.00. The van der Waals surface area contributed by atoms with Gasteiger partial charge in [-0.1, -0.05) is 55.0 Å². The molecule has 8 nitrogen and oxygen atoms in total. The molecular weight excluding hydrogens is 442 g/mol. The lowest BCUT2D eigenvalue weighted by Gasteiger charge is -2.25. The Morgan fingerprint density at radius 1 is 1.00 bits per heavy atom. The van der Waals surface area contributed by atoms with Crippen LogP contribution in [-0.2, 0) is 14.8 Å². The third-order valence-electron chi connectivity index (χ3n) is 5.19. The highest BCUT2D eigenvalue weighted by atomic mass is 32.2. The molecule has 0 saturated heterocycles. The Morgan fingerprint density at radius 3 is 2.15 bits per heavy atom. The molecule has 0 aliphatic carbocycles. The maximum atomic E-state index is 13.4. The Balaban J connectivity index is 1.91. The van der Waals surface area contributed by atoms with Crippen LogP contribution in [0.25, 0.3) is 0 Å². The quantitative estimate of drug-likeness (QED) is 0.371. The number of sulfonamides is 1. The molecule has 0 radical (unpaired) electrons. The van der Waals surface area contributed by atoms with Gasteiger partial charge in [-0.3, -0.25) is 19.2 Å². The zero-order chi connectivity index (χ0) is 24.0. The minimum absolute atomic E-state index is 0.0155. The van der Waals surface area contributed by atoms with Crippen molar-refractivity contribution in [3.8, 4) is 0 Å². The van der Waals surface area contributed by atoms with Crippen LogP contribution in [0, 0.1) is 17.0 Å². The lowest BCUT2D eigenvalue weighted by Crippen LogP contribution is -2.42. The van der Waals surface area contributed by atoms with E-state index in [1.54, 1.807) is 18.2 Å². The van der Waals surface area contributed by atoms with Crippen molar-refractivity contribution in [2.75, 3.05) is 10.8 Å². The summed E-state index contributed by atoms with van der Waals surface area (Å²) in [6.07, 6.45) is 0.623. The van der Waals surface area contributed by atoms with Gasteiger partial charge in [0.2, 0.25) is 5.91 Å². The first kappa shape index (κ1) is 23.9. The summed E-state index contributed by atoms with van der Waals surface area (Å²) in [6.45, 7) is 3.43. The predicted molar refractivity (Wildman–Crippen MR) is 126 cm³/mol. The zero-order valence-electron chi connectivity index (χ0n) is 18.3. The third-order valence-corrected chi connectivity index (χ3v) is 6.98. The molecule has 0 saturated carbocycles. The van der Waals surface area contributed by atoms with Gasteiger partial charge in [0, 0.05) is 12.1 Å². The third kappa shape index (κ3) is 5.75. The van der Waals surface area contributed by atoms with E-state index in [1.165, 1.54) is 36.4 Å². The zero-order valence-corrected chi connectivity index (χ0v) is 19.2. The number of carbonyl (C=O) groups is 1. The first-order valence-electron chi connectivity index (χ1n) is 10.4. The first-order chi connectivity index (χ1) is 15.7. The van der Waals surface area contributed by atoms with Crippen LogP contribution in [0.5, 0.6) is 0 Å². The van der Waals surface area contributed by atoms with Crippen LogP contribution >= 0.6 is 0 Å². The van der Waals surface area contributed by atoms with E-state index in [0.717, 1.165) is 15.4 Å². The highest BCUT2D eigenvalue weighted by molar-refractivity contribution is 7.92. The largest absolute Gasteiger partial charge is 0.348 e. The van der Waals surface area contributed by atoms with E-state index in [2.05, 4.69) is 5.32 Å². The van der Waals surface area contributed by atoms with Crippen molar-refractivity contribution in [3.05, 3.63) is 100 Å². The fraction of sp³-hybridized carbons (Fsp3) is 0.208. The van der Waals surface area contributed by atoms with Gasteiger partial charge in [-0.25, -0.2) is 8.42 Å². The molecule has 3 rings (SSSR count). The number of amides is 1. The van der Waals surface area contributed by atoms with Gasteiger partial charge in [-0.05, 0) is 43.2 Å². The van der Waals surface area contributed by atoms with E-state index >= 15 is 0 Å². The summed E-state index contributed by atoms with van der Waals surface area (Å²) in [5.74, 6) is -0.486.